The summed E-state index contributed by atoms with van der Waals surface area (Å²) in [7, 11) is 0. The molecule has 0 atom stereocenters. The zero-order chi connectivity index (χ0) is 13.5. The number of nitro benzene ring substituents is 1. The van der Waals surface area contributed by atoms with Gasteiger partial charge in [0.05, 0.1) is 22.2 Å². The molecule has 0 saturated carbocycles. The molecular weight excluding hydrogens is 258 g/mol. The summed E-state index contributed by atoms with van der Waals surface area (Å²) in [4.78, 5) is 21.5. The number of hydrogen-bond donors (Lipinski definition) is 2. The van der Waals surface area contributed by atoms with E-state index in [1.165, 1.54) is 18.2 Å². The second kappa shape index (κ2) is 6.93. The van der Waals surface area contributed by atoms with Crippen LogP contribution in [0.2, 0.25) is 5.02 Å². The van der Waals surface area contributed by atoms with Crippen molar-refractivity contribution < 1.29 is 9.72 Å². The molecule has 2 N–H and O–H groups in total. The van der Waals surface area contributed by atoms with Crippen LogP contribution in [-0.2, 0) is 4.79 Å². The molecule has 0 aliphatic heterocycles. The van der Waals surface area contributed by atoms with Crippen molar-refractivity contribution in [2.75, 3.05) is 18.4 Å². The number of nitrogens with zero attached hydrogens (tertiary/aromatic N) is 1. The second-order valence-electron chi connectivity index (χ2n) is 3.65. The first kappa shape index (κ1) is 14.4. The first-order chi connectivity index (χ1) is 8.54. The highest BCUT2D eigenvalue weighted by atomic mass is 35.5. The Bertz CT molecular complexity index is 451. The molecule has 0 spiro atoms. The number of rotatable bonds is 6. The number of benzene rings is 1. The maximum absolute atomic E-state index is 11.5. The predicted molar refractivity (Wildman–Crippen MR) is 69.9 cm³/mol. The molecule has 0 fully saturated rings. The highest BCUT2D eigenvalue weighted by molar-refractivity contribution is 6.34. The van der Waals surface area contributed by atoms with Gasteiger partial charge < -0.3 is 10.6 Å². The summed E-state index contributed by atoms with van der Waals surface area (Å²) < 4.78 is 0. The van der Waals surface area contributed by atoms with Gasteiger partial charge in [-0.3, -0.25) is 14.9 Å². The summed E-state index contributed by atoms with van der Waals surface area (Å²) >= 11 is 5.84. The largest absolute Gasteiger partial charge is 0.324 e. The van der Waals surface area contributed by atoms with Crippen molar-refractivity contribution in [3.05, 3.63) is 33.3 Å². The Labute approximate surface area is 109 Å². The Balaban J connectivity index is 2.62. The van der Waals surface area contributed by atoms with Crippen molar-refractivity contribution in [1.29, 1.82) is 0 Å². The lowest BCUT2D eigenvalue weighted by Gasteiger charge is -2.07. The predicted octanol–water partition coefficient (Wildman–Crippen LogP) is 2.19. The van der Waals surface area contributed by atoms with E-state index in [0.717, 1.165) is 13.0 Å². The van der Waals surface area contributed by atoms with E-state index < -0.39 is 4.92 Å². The van der Waals surface area contributed by atoms with E-state index in [0.29, 0.717) is 5.69 Å². The molecule has 0 aliphatic rings. The lowest BCUT2D eigenvalue weighted by molar-refractivity contribution is -0.384. The van der Waals surface area contributed by atoms with Crippen molar-refractivity contribution in [1.82, 2.24) is 5.32 Å². The number of carbonyl (C=O) groups excluding carboxylic acids is 1. The van der Waals surface area contributed by atoms with Gasteiger partial charge in [-0.05, 0) is 19.0 Å². The molecule has 6 nitrogen and oxygen atoms in total. The van der Waals surface area contributed by atoms with Gasteiger partial charge in [-0.15, -0.1) is 0 Å². The minimum atomic E-state index is -0.541. The van der Waals surface area contributed by atoms with Gasteiger partial charge in [-0.25, -0.2) is 0 Å². The third kappa shape index (κ3) is 4.31. The Morgan fingerprint density at radius 3 is 2.78 bits per heavy atom. The van der Waals surface area contributed by atoms with Gasteiger partial charge in [0, 0.05) is 12.1 Å². The quantitative estimate of drug-likeness (QED) is 0.472. The molecule has 0 heterocycles. The first-order valence-corrected chi connectivity index (χ1v) is 5.87. The van der Waals surface area contributed by atoms with Crippen molar-refractivity contribution in [3.63, 3.8) is 0 Å². The Kier molecular flexibility index (Phi) is 5.54. The number of anilines is 1. The molecule has 1 aromatic carbocycles. The summed E-state index contributed by atoms with van der Waals surface area (Å²) in [6, 6.07) is 3.91. The van der Waals surface area contributed by atoms with Crippen molar-refractivity contribution in [2.45, 2.75) is 13.3 Å². The van der Waals surface area contributed by atoms with Crippen LogP contribution in [0, 0.1) is 10.1 Å². The van der Waals surface area contributed by atoms with E-state index in [-0.39, 0.29) is 23.2 Å². The SMILES string of the molecule is CCCNCC(=O)Nc1ccc([N+](=O)[O-])cc1Cl. The maximum atomic E-state index is 11.5. The number of nitrogens with one attached hydrogen (secondary N) is 2. The minimum absolute atomic E-state index is 0.109. The highest BCUT2D eigenvalue weighted by Crippen LogP contribution is 2.26. The number of non-ortho nitro benzene ring substituents is 1. The maximum Gasteiger partial charge on any atom is 0.271 e. The van der Waals surface area contributed by atoms with Crippen LogP contribution in [-0.4, -0.2) is 23.9 Å². The molecule has 1 rings (SSSR count). The molecule has 0 unspecified atom stereocenters. The van der Waals surface area contributed by atoms with Crippen LogP contribution in [0.1, 0.15) is 13.3 Å². The number of amides is 1. The lowest BCUT2D eigenvalue weighted by atomic mass is 10.3. The summed E-state index contributed by atoms with van der Waals surface area (Å²) in [5.74, 6) is -0.237. The van der Waals surface area contributed by atoms with Crippen molar-refractivity contribution in [3.8, 4) is 0 Å². The van der Waals surface area contributed by atoms with Gasteiger partial charge in [0.2, 0.25) is 5.91 Å². The molecule has 0 saturated heterocycles. The topological polar surface area (TPSA) is 84.3 Å². The molecule has 1 aromatic rings. The monoisotopic (exact) mass is 271 g/mol. The smallest absolute Gasteiger partial charge is 0.271 e. The van der Waals surface area contributed by atoms with Crippen LogP contribution in [0.25, 0.3) is 0 Å². The van der Waals surface area contributed by atoms with Crippen LogP contribution >= 0.6 is 11.6 Å². The van der Waals surface area contributed by atoms with Crippen LogP contribution < -0.4 is 10.6 Å². The minimum Gasteiger partial charge on any atom is -0.324 e. The fourth-order valence-electron chi connectivity index (χ4n) is 1.29. The fraction of sp³-hybridized carbons (Fsp3) is 0.364. The van der Waals surface area contributed by atoms with Gasteiger partial charge in [0.15, 0.2) is 0 Å². The molecule has 0 radical (unpaired) electrons. The first-order valence-electron chi connectivity index (χ1n) is 5.49. The zero-order valence-corrected chi connectivity index (χ0v) is 10.7. The van der Waals surface area contributed by atoms with Crippen molar-refractivity contribution in [2.24, 2.45) is 0 Å². The molecule has 98 valence electrons. The third-order valence-electron chi connectivity index (χ3n) is 2.15. The molecule has 18 heavy (non-hydrogen) atoms. The van der Waals surface area contributed by atoms with Gasteiger partial charge in [0.25, 0.3) is 5.69 Å². The molecule has 7 heteroatoms. The van der Waals surface area contributed by atoms with Gasteiger partial charge >= 0.3 is 0 Å². The van der Waals surface area contributed by atoms with E-state index >= 15 is 0 Å². The van der Waals surface area contributed by atoms with Gasteiger partial charge in [-0.2, -0.15) is 0 Å². The van der Waals surface area contributed by atoms with Crippen LogP contribution in [0.4, 0.5) is 11.4 Å². The molecule has 1 amide bonds. The summed E-state index contributed by atoms with van der Waals surface area (Å²) in [6.45, 7) is 2.93. The van der Waals surface area contributed by atoms with Gasteiger partial charge in [0.1, 0.15) is 0 Å². The number of nitro groups is 1. The van der Waals surface area contributed by atoms with E-state index in [1.807, 2.05) is 6.92 Å². The summed E-state index contributed by atoms with van der Waals surface area (Å²) in [6.07, 6.45) is 0.936. The molecule has 0 bridgehead atoms. The summed E-state index contributed by atoms with van der Waals surface area (Å²) in [5, 5.41) is 16.2. The van der Waals surface area contributed by atoms with E-state index in [4.69, 9.17) is 11.6 Å². The Morgan fingerprint density at radius 1 is 1.50 bits per heavy atom. The third-order valence-corrected chi connectivity index (χ3v) is 2.46. The normalized spacial score (nSPS) is 10.1. The van der Waals surface area contributed by atoms with Crippen molar-refractivity contribution >= 4 is 28.9 Å². The number of halogens is 1. The van der Waals surface area contributed by atoms with E-state index in [1.54, 1.807) is 0 Å². The average molecular weight is 272 g/mol. The lowest BCUT2D eigenvalue weighted by Crippen LogP contribution is -2.28. The second-order valence-corrected chi connectivity index (χ2v) is 4.05. The van der Waals surface area contributed by atoms with Crippen LogP contribution in [0.5, 0.6) is 0 Å². The number of hydrogen-bond acceptors (Lipinski definition) is 4. The molecule has 0 aromatic heterocycles. The average Bonchev–Trinajstić information content (AvgIpc) is 2.32. The molecular formula is C11H14ClN3O3. The van der Waals surface area contributed by atoms with E-state index in [2.05, 4.69) is 10.6 Å². The zero-order valence-electron chi connectivity index (χ0n) is 9.90. The Hall–Kier alpha value is -1.66. The van der Waals surface area contributed by atoms with Crippen LogP contribution in [0.15, 0.2) is 18.2 Å². The van der Waals surface area contributed by atoms with Gasteiger partial charge in [-0.1, -0.05) is 18.5 Å². The standard InChI is InChI=1S/C11H14ClN3O3/c1-2-5-13-7-11(16)14-10-4-3-8(15(17)18)6-9(10)12/h3-4,6,13H,2,5,7H2,1H3,(H,14,16). The summed E-state index contributed by atoms with van der Waals surface area (Å²) in [5.41, 5.74) is 0.257. The van der Waals surface area contributed by atoms with E-state index in [9.17, 15) is 14.9 Å². The fourth-order valence-corrected chi connectivity index (χ4v) is 1.51. The number of carbonyl (C=O) groups is 1. The molecule has 0 aliphatic carbocycles. The Morgan fingerprint density at radius 2 is 2.22 bits per heavy atom. The highest BCUT2D eigenvalue weighted by Gasteiger charge is 2.11. The van der Waals surface area contributed by atoms with Crippen LogP contribution in [0.3, 0.4) is 0 Å².